The van der Waals surface area contributed by atoms with Gasteiger partial charge in [0.05, 0.1) is 25.7 Å². The molecule has 0 radical (unpaired) electrons. The number of esters is 1. The predicted molar refractivity (Wildman–Crippen MR) is 85.9 cm³/mol. The lowest BCUT2D eigenvalue weighted by atomic mass is 10.1. The molecule has 1 amide bonds. The molecule has 0 aliphatic rings. The van der Waals surface area contributed by atoms with E-state index >= 15 is 0 Å². The smallest absolute Gasteiger partial charge is 0.414 e. The molecule has 0 heterocycles. The molecule has 0 aliphatic carbocycles. The molecule has 1 rings (SSSR count). The van der Waals surface area contributed by atoms with Crippen molar-refractivity contribution in [2.45, 2.75) is 46.1 Å². The van der Waals surface area contributed by atoms with Crippen LogP contribution in [0.3, 0.4) is 0 Å². The minimum atomic E-state index is -0.434. The maximum absolute atomic E-state index is 12.4. The normalized spacial score (nSPS) is 11.6. The van der Waals surface area contributed by atoms with Crippen molar-refractivity contribution in [1.29, 1.82) is 0 Å². The number of amides is 1. The predicted octanol–water partition coefficient (Wildman–Crippen LogP) is 3.77. The number of carbonyl (C=O) groups excluding carboxylic acids is 2. The highest BCUT2D eigenvalue weighted by atomic mass is 16.6. The van der Waals surface area contributed by atoms with Crippen LogP contribution in [0.15, 0.2) is 30.3 Å². The van der Waals surface area contributed by atoms with Crippen LogP contribution in [0.2, 0.25) is 0 Å². The first-order chi connectivity index (χ1) is 10.6. The average Bonchev–Trinajstić information content (AvgIpc) is 2.49. The largest absolute Gasteiger partial charge is 0.466 e. The number of hydrogen-bond acceptors (Lipinski definition) is 4. The molecule has 0 saturated heterocycles. The standard InChI is InChI=1S/C17H25NO4/c1-4-10-15(13-16(19)21-5-2)18(17(20)22-6-3)14-11-8-7-9-12-14/h7-9,11-12,15H,4-6,10,13H2,1-3H3. The van der Waals surface area contributed by atoms with Gasteiger partial charge in [0, 0.05) is 5.69 Å². The van der Waals surface area contributed by atoms with Gasteiger partial charge in [0.1, 0.15) is 0 Å². The van der Waals surface area contributed by atoms with E-state index in [0.717, 1.165) is 12.1 Å². The second-order valence-electron chi connectivity index (χ2n) is 4.86. The van der Waals surface area contributed by atoms with Gasteiger partial charge in [-0.05, 0) is 32.4 Å². The van der Waals surface area contributed by atoms with Crippen LogP contribution >= 0.6 is 0 Å². The van der Waals surface area contributed by atoms with Crippen LogP contribution in [0.4, 0.5) is 10.5 Å². The molecule has 22 heavy (non-hydrogen) atoms. The van der Waals surface area contributed by atoms with Crippen molar-refractivity contribution in [2.75, 3.05) is 18.1 Å². The summed E-state index contributed by atoms with van der Waals surface area (Å²) in [6, 6.07) is 9.00. The van der Waals surface area contributed by atoms with Crippen LogP contribution in [-0.4, -0.2) is 31.3 Å². The molecule has 1 aromatic rings. The van der Waals surface area contributed by atoms with Crippen LogP contribution < -0.4 is 4.90 Å². The van der Waals surface area contributed by atoms with E-state index in [0.29, 0.717) is 19.6 Å². The molecule has 0 N–H and O–H groups in total. The van der Waals surface area contributed by atoms with Crippen molar-refractivity contribution in [3.05, 3.63) is 30.3 Å². The molecule has 0 bridgehead atoms. The van der Waals surface area contributed by atoms with Crippen LogP contribution in [0.1, 0.15) is 40.0 Å². The van der Waals surface area contributed by atoms with E-state index in [1.807, 2.05) is 37.3 Å². The molecule has 0 saturated carbocycles. The summed E-state index contributed by atoms with van der Waals surface area (Å²) in [6.07, 6.45) is 1.28. The zero-order valence-electron chi connectivity index (χ0n) is 13.6. The summed E-state index contributed by atoms with van der Waals surface area (Å²) in [5.74, 6) is -0.300. The number of anilines is 1. The minimum absolute atomic E-state index is 0.162. The lowest BCUT2D eigenvalue weighted by Gasteiger charge is -2.30. The van der Waals surface area contributed by atoms with Crippen molar-refractivity contribution >= 4 is 17.7 Å². The van der Waals surface area contributed by atoms with Gasteiger partial charge in [-0.3, -0.25) is 9.69 Å². The van der Waals surface area contributed by atoms with Gasteiger partial charge < -0.3 is 9.47 Å². The number of rotatable bonds is 8. The Morgan fingerprint density at radius 2 is 1.68 bits per heavy atom. The Morgan fingerprint density at radius 1 is 1.05 bits per heavy atom. The molecule has 1 atom stereocenters. The Hall–Kier alpha value is -2.04. The van der Waals surface area contributed by atoms with E-state index in [9.17, 15) is 9.59 Å². The summed E-state index contributed by atoms with van der Waals surface area (Å²) in [4.78, 5) is 25.8. The lowest BCUT2D eigenvalue weighted by Crippen LogP contribution is -2.42. The highest BCUT2D eigenvalue weighted by Gasteiger charge is 2.28. The minimum Gasteiger partial charge on any atom is -0.466 e. The van der Waals surface area contributed by atoms with E-state index in [4.69, 9.17) is 9.47 Å². The molecule has 0 aromatic heterocycles. The van der Waals surface area contributed by atoms with E-state index in [1.54, 1.807) is 18.7 Å². The van der Waals surface area contributed by atoms with Crippen LogP contribution in [0.5, 0.6) is 0 Å². The first-order valence-electron chi connectivity index (χ1n) is 7.80. The maximum Gasteiger partial charge on any atom is 0.414 e. The van der Waals surface area contributed by atoms with Crippen LogP contribution in [-0.2, 0) is 14.3 Å². The Balaban J connectivity index is 3.03. The van der Waals surface area contributed by atoms with Crippen molar-refractivity contribution < 1.29 is 19.1 Å². The van der Waals surface area contributed by atoms with Gasteiger partial charge in [-0.1, -0.05) is 31.5 Å². The summed E-state index contributed by atoms with van der Waals surface area (Å²) in [7, 11) is 0. The molecule has 0 fully saturated rings. The third kappa shape index (κ3) is 5.39. The third-order valence-electron chi connectivity index (χ3n) is 3.19. The number of ether oxygens (including phenoxy) is 2. The molecular weight excluding hydrogens is 282 g/mol. The van der Waals surface area contributed by atoms with E-state index in [-0.39, 0.29) is 18.4 Å². The van der Waals surface area contributed by atoms with Gasteiger partial charge in [0.2, 0.25) is 0 Å². The first kappa shape index (κ1) is 18.0. The monoisotopic (exact) mass is 307 g/mol. The fourth-order valence-electron chi connectivity index (χ4n) is 2.31. The highest BCUT2D eigenvalue weighted by Crippen LogP contribution is 2.23. The van der Waals surface area contributed by atoms with Gasteiger partial charge in [-0.2, -0.15) is 0 Å². The summed E-state index contributed by atoms with van der Waals surface area (Å²) in [5, 5.41) is 0. The molecule has 1 unspecified atom stereocenters. The van der Waals surface area contributed by atoms with Crippen molar-refractivity contribution in [3.63, 3.8) is 0 Å². The molecule has 1 aromatic carbocycles. The quantitative estimate of drug-likeness (QED) is 0.686. The topological polar surface area (TPSA) is 55.8 Å². The molecule has 5 heteroatoms. The van der Waals surface area contributed by atoms with Gasteiger partial charge in [-0.15, -0.1) is 0 Å². The summed E-state index contributed by atoms with van der Waals surface area (Å²) in [6.45, 7) is 6.18. The zero-order valence-corrected chi connectivity index (χ0v) is 13.6. The van der Waals surface area contributed by atoms with E-state index in [2.05, 4.69) is 0 Å². The molecule has 0 aliphatic heterocycles. The van der Waals surface area contributed by atoms with Crippen LogP contribution in [0.25, 0.3) is 0 Å². The number of carbonyl (C=O) groups is 2. The molecule has 5 nitrogen and oxygen atoms in total. The number of nitrogens with zero attached hydrogens (tertiary/aromatic N) is 1. The fourth-order valence-corrected chi connectivity index (χ4v) is 2.31. The van der Waals surface area contributed by atoms with Crippen molar-refractivity contribution in [2.24, 2.45) is 0 Å². The van der Waals surface area contributed by atoms with Crippen LogP contribution in [0, 0.1) is 0 Å². The molecule has 122 valence electrons. The highest BCUT2D eigenvalue weighted by molar-refractivity contribution is 5.89. The average molecular weight is 307 g/mol. The third-order valence-corrected chi connectivity index (χ3v) is 3.19. The molecular formula is C17H25NO4. The fraction of sp³-hybridized carbons (Fsp3) is 0.529. The lowest BCUT2D eigenvalue weighted by molar-refractivity contribution is -0.143. The Labute approximate surface area is 132 Å². The summed E-state index contributed by atoms with van der Waals surface area (Å²) in [5.41, 5.74) is 0.726. The summed E-state index contributed by atoms with van der Waals surface area (Å²) >= 11 is 0. The van der Waals surface area contributed by atoms with E-state index < -0.39 is 6.09 Å². The second-order valence-corrected chi connectivity index (χ2v) is 4.86. The Kier molecular flexibility index (Phi) is 8.04. The van der Waals surface area contributed by atoms with E-state index in [1.165, 1.54) is 0 Å². The maximum atomic E-state index is 12.4. The van der Waals surface area contributed by atoms with Crippen molar-refractivity contribution in [3.8, 4) is 0 Å². The number of hydrogen-bond donors (Lipinski definition) is 0. The first-order valence-corrected chi connectivity index (χ1v) is 7.80. The Morgan fingerprint density at radius 3 is 2.23 bits per heavy atom. The Bertz CT molecular complexity index is 461. The zero-order chi connectivity index (χ0) is 16.4. The SMILES string of the molecule is CCCC(CC(=O)OCC)N(C(=O)OCC)c1ccccc1. The van der Waals surface area contributed by atoms with Gasteiger partial charge >= 0.3 is 12.1 Å². The van der Waals surface area contributed by atoms with Gasteiger partial charge in [0.15, 0.2) is 0 Å². The van der Waals surface area contributed by atoms with Crippen molar-refractivity contribution in [1.82, 2.24) is 0 Å². The summed E-state index contributed by atoms with van der Waals surface area (Å²) < 4.78 is 10.2. The molecule has 0 spiro atoms. The number of para-hydroxylation sites is 1. The van der Waals surface area contributed by atoms with Gasteiger partial charge in [0.25, 0.3) is 0 Å². The number of benzene rings is 1. The second kappa shape index (κ2) is 9.82. The van der Waals surface area contributed by atoms with Gasteiger partial charge in [-0.25, -0.2) is 4.79 Å².